The normalized spacial score (nSPS) is 12.6. The summed E-state index contributed by atoms with van der Waals surface area (Å²) in [6.45, 7) is 5.70. The number of rotatable bonds is 7. The number of halogens is 1. The molecule has 15 heavy (non-hydrogen) atoms. The van der Waals surface area contributed by atoms with E-state index in [1.165, 1.54) is 0 Å². The van der Waals surface area contributed by atoms with Crippen LogP contribution >= 0.6 is 0 Å². The SMILES string of the molecule is CCCCCCC(F)OC(=O)NC(C)C. The number of carbonyl (C=O) groups excluding carboxylic acids is 1. The van der Waals surface area contributed by atoms with Gasteiger partial charge in [-0.05, 0) is 20.3 Å². The number of ether oxygens (including phenoxy) is 1. The maximum Gasteiger partial charge on any atom is 0.409 e. The summed E-state index contributed by atoms with van der Waals surface area (Å²) in [4.78, 5) is 11.0. The van der Waals surface area contributed by atoms with Gasteiger partial charge in [0.25, 0.3) is 0 Å². The van der Waals surface area contributed by atoms with Crippen LogP contribution in [0.15, 0.2) is 0 Å². The lowest BCUT2D eigenvalue weighted by Gasteiger charge is -2.12. The van der Waals surface area contributed by atoms with Crippen LogP contribution in [-0.2, 0) is 4.74 Å². The average molecular weight is 219 g/mol. The first kappa shape index (κ1) is 14.2. The number of hydrogen-bond donors (Lipinski definition) is 1. The molecule has 0 radical (unpaired) electrons. The third-order valence-corrected chi connectivity index (χ3v) is 1.93. The fourth-order valence-electron chi connectivity index (χ4n) is 1.18. The number of hydrogen-bond acceptors (Lipinski definition) is 2. The highest BCUT2D eigenvalue weighted by Crippen LogP contribution is 2.09. The van der Waals surface area contributed by atoms with Crippen molar-refractivity contribution in [1.82, 2.24) is 5.32 Å². The predicted octanol–water partition coefficient (Wildman–Crippen LogP) is 3.39. The molecule has 0 aromatic heterocycles. The lowest BCUT2D eigenvalue weighted by Crippen LogP contribution is -2.32. The summed E-state index contributed by atoms with van der Waals surface area (Å²) in [5, 5.41) is 2.47. The van der Waals surface area contributed by atoms with Gasteiger partial charge in [0.2, 0.25) is 6.36 Å². The standard InChI is InChI=1S/C11H22FNO2/c1-4-5-6-7-8-10(12)15-11(14)13-9(2)3/h9-10H,4-8H2,1-3H3,(H,13,14). The minimum atomic E-state index is -1.47. The number of amides is 1. The molecule has 90 valence electrons. The zero-order chi connectivity index (χ0) is 11.7. The van der Waals surface area contributed by atoms with Gasteiger partial charge in [-0.2, -0.15) is 0 Å². The third kappa shape index (κ3) is 9.50. The van der Waals surface area contributed by atoms with E-state index in [-0.39, 0.29) is 6.04 Å². The Labute approximate surface area is 91.4 Å². The Balaban J connectivity index is 3.46. The summed E-state index contributed by atoms with van der Waals surface area (Å²) in [5.74, 6) is 0. The molecule has 0 saturated heterocycles. The van der Waals surface area contributed by atoms with Crippen LogP contribution in [0.25, 0.3) is 0 Å². The molecule has 3 nitrogen and oxygen atoms in total. The average Bonchev–Trinajstić information content (AvgIpc) is 2.10. The van der Waals surface area contributed by atoms with Crippen molar-refractivity contribution in [3.05, 3.63) is 0 Å². The monoisotopic (exact) mass is 219 g/mol. The van der Waals surface area contributed by atoms with Gasteiger partial charge in [0.05, 0.1) is 0 Å². The smallest absolute Gasteiger partial charge is 0.409 e. The van der Waals surface area contributed by atoms with Gasteiger partial charge in [0.1, 0.15) is 0 Å². The molecule has 0 fully saturated rings. The summed E-state index contributed by atoms with van der Waals surface area (Å²) in [6, 6.07) is -0.0233. The fourth-order valence-corrected chi connectivity index (χ4v) is 1.18. The van der Waals surface area contributed by atoms with Gasteiger partial charge in [-0.15, -0.1) is 0 Å². The van der Waals surface area contributed by atoms with Crippen LogP contribution < -0.4 is 5.32 Å². The Hall–Kier alpha value is -0.800. The molecule has 4 heteroatoms. The molecule has 0 aromatic carbocycles. The maximum absolute atomic E-state index is 13.0. The number of alkyl carbamates (subject to hydrolysis) is 1. The summed E-state index contributed by atoms with van der Waals surface area (Å²) in [6.07, 6.45) is 2.13. The summed E-state index contributed by atoms with van der Waals surface area (Å²) >= 11 is 0. The lowest BCUT2D eigenvalue weighted by molar-refractivity contribution is 0.00605. The molecule has 0 aromatic rings. The van der Waals surface area contributed by atoms with Crippen molar-refractivity contribution < 1.29 is 13.9 Å². The van der Waals surface area contributed by atoms with Gasteiger partial charge >= 0.3 is 6.09 Å². The molecule has 1 amide bonds. The van der Waals surface area contributed by atoms with Crippen molar-refractivity contribution in [3.8, 4) is 0 Å². The number of carbonyl (C=O) groups is 1. The van der Waals surface area contributed by atoms with Crippen LogP contribution in [0.4, 0.5) is 9.18 Å². The van der Waals surface area contributed by atoms with Crippen LogP contribution in [0.1, 0.15) is 52.9 Å². The van der Waals surface area contributed by atoms with Gasteiger partial charge in [0.15, 0.2) is 0 Å². The van der Waals surface area contributed by atoms with E-state index in [1.54, 1.807) is 13.8 Å². The summed E-state index contributed by atoms with van der Waals surface area (Å²) < 4.78 is 17.6. The molecular formula is C11H22FNO2. The molecule has 0 rings (SSSR count). The summed E-state index contributed by atoms with van der Waals surface area (Å²) in [7, 11) is 0. The summed E-state index contributed by atoms with van der Waals surface area (Å²) in [5.41, 5.74) is 0. The van der Waals surface area contributed by atoms with E-state index in [4.69, 9.17) is 0 Å². The second-order valence-corrected chi connectivity index (χ2v) is 3.96. The first-order chi connectivity index (χ1) is 7.06. The van der Waals surface area contributed by atoms with Crippen molar-refractivity contribution in [1.29, 1.82) is 0 Å². The van der Waals surface area contributed by atoms with Gasteiger partial charge < -0.3 is 10.1 Å². The zero-order valence-electron chi connectivity index (χ0n) is 9.88. The molecule has 0 bridgehead atoms. The zero-order valence-corrected chi connectivity index (χ0v) is 9.88. The molecular weight excluding hydrogens is 197 g/mol. The van der Waals surface area contributed by atoms with Crippen LogP contribution in [0, 0.1) is 0 Å². The van der Waals surface area contributed by atoms with Gasteiger partial charge in [-0.3, -0.25) is 0 Å². The molecule has 1 unspecified atom stereocenters. The van der Waals surface area contributed by atoms with E-state index < -0.39 is 12.5 Å². The highest BCUT2D eigenvalue weighted by Gasteiger charge is 2.12. The Bertz CT molecular complexity index is 174. The Kier molecular flexibility index (Phi) is 8.05. The van der Waals surface area contributed by atoms with Crippen LogP contribution in [0.5, 0.6) is 0 Å². The maximum atomic E-state index is 13.0. The van der Waals surface area contributed by atoms with Gasteiger partial charge in [-0.25, -0.2) is 9.18 Å². The van der Waals surface area contributed by atoms with Crippen LogP contribution in [-0.4, -0.2) is 18.5 Å². The second kappa shape index (κ2) is 8.50. The Morgan fingerprint density at radius 2 is 2.00 bits per heavy atom. The van der Waals surface area contributed by atoms with Crippen molar-refractivity contribution in [2.75, 3.05) is 0 Å². The van der Waals surface area contributed by atoms with Crippen molar-refractivity contribution >= 4 is 6.09 Å². The molecule has 1 N–H and O–H groups in total. The molecule has 0 saturated carbocycles. The van der Waals surface area contributed by atoms with Crippen molar-refractivity contribution in [2.24, 2.45) is 0 Å². The third-order valence-electron chi connectivity index (χ3n) is 1.93. The van der Waals surface area contributed by atoms with E-state index in [9.17, 15) is 9.18 Å². The highest BCUT2D eigenvalue weighted by molar-refractivity contribution is 5.67. The Morgan fingerprint density at radius 1 is 1.33 bits per heavy atom. The van der Waals surface area contributed by atoms with Crippen LogP contribution in [0.2, 0.25) is 0 Å². The first-order valence-corrected chi connectivity index (χ1v) is 5.67. The first-order valence-electron chi connectivity index (χ1n) is 5.67. The molecule has 0 aliphatic carbocycles. The number of nitrogens with one attached hydrogen (secondary N) is 1. The predicted molar refractivity (Wildman–Crippen MR) is 58.4 cm³/mol. The molecule has 1 atom stereocenters. The van der Waals surface area contributed by atoms with E-state index in [0.29, 0.717) is 6.42 Å². The minimum absolute atomic E-state index is 0.0233. The highest BCUT2D eigenvalue weighted by atomic mass is 19.1. The van der Waals surface area contributed by atoms with E-state index in [2.05, 4.69) is 17.0 Å². The molecule has 0 spiro atoms. The fraction of sp³-hybridized carbons (Fsp3) is 0.909. The van der Waals surface area contributed by atoms with Crippen molar-refractivity contribution in [2.45, 2.75) is 65.3 Å². The quantitative estimate of drug-likeness (QED) is 0.666. The molecule has 0 aliphatic rings. The van der Waals surface area contributed by atoms with Crippen LogP contribution in [0.3, 0.4) is 0 Å². The topological polar surface area (TPSA) is 38.3 Å². The Morgan fingerprint density at radius 3 is 2.53 bits per heavy atom. The molecule has 0 heterocycles. The minimum Gasteiger partial charge on any atom is -0.415 e. The van der Waals surface area contributed by atoms with Crippen molar-refractivity contribution in [3.63, 3.8) is 0 Å². The van der Waals surface area contributed by atoms with E-state index >= 15 is 0 Å². The van der Waals surface area contributed by atoms with E-state index in [1.807, 2.05) is 0 Å². The number of alkyl halides is 1. The number of unbranched alkanes of at least 4 members (excludes halogenated alkanes) is 3. The second-order valence-electron chi connectivity index (χ2n) is 3.96. The molecule has 0 aliphatic heterocycles. The largest absolute Gasteiger partial charge is 0.415 e. The van der Waals surface area contributed by atoms with E-state index in [0.717, 1.165) is 25.7 Å². The van der Waals surface area contributed by atoms with Gasteiger partial charge in [-0.1, -0.05) is 26.2 Å². The van der Waals surface area contributed by atoms with Gasteiger partial charge in [0, 0.05) is 12.5 Å². The lowest BCUT2D eigenvalue weighted by atomic mass is 10.1.